The van der Waals surface area contributed by atoms with Crippen molar-refractivity contribution in [2.75, 3.05) is 0 Å². The van der Waals surface area contributed by atoms with Crippen LogP contribution in [0.15, 0.2) is 0 Å². The quantitative estimate of drug-likeness (QED) is 0.426. The Morgan fingerprint density at radius 3 is 1.72 bits per heavy atom. The topological polar surface area (TPSA) is 26.0 Å². The van der Waals surface area contributed by atoms with Gasteiger partial charge in [-0.1, -0.05) is 68.7 Å². The van der Waals surface area contributed by atoms with Gasteiger partial charge in [-0.25, -0.2) is 0 Å². The minimum Gasteiger partial charge on any atom is -0.327 e. The molecule has 0 bridgehead atoms. The van der Waals surface area contributed by atoms with E-state index >= 15 is 0 Å². The monoisotopic (exact) mass is 351 g/mol. The highest BCUT2D eigenvalue weighted by Crippen LogP contribution is 2.46. The fourth-order valence-corrected chi connectivity index (χ4v) is 5.42. The first-order valence-corrected chi connectivity index (χ1v) is 11.3. The van der Waals surface area contributed by atoms with Crippen LogP contribution >= 0.6 is 0 Å². The second-order valence-corrected chi connectivity index (χ2v) is 10.5. The summed E-state index contributed by atoms with van der Waals surface area (Å²) < 4.78 is 0. The van der Waals surface area contributed by atoms with Gasteiger partial charge in [0.1, 0.15) is 0 Å². The number of hydrogen-bond donors (Lipinski definition) is 1. The highest BCUT2D eigenvalue weighted by atomic mass is 14.8. The Morgan fingerprint density at radius 1 is 0.760 bits per heavy atom. The molecule has 1 heteroatoms. The lowest BCUT2D eigenvalue weighted by molar-refractivity contribution is 0.0148. The van der Waals surface area contributed by atoms with Gasteiger partial charge in [-0.3, -0.25) is 0 Å². The van der Waals surface area contributed by atoms with Crippen molar-refractivity contribution in [2.45, 2.75) is 100 Å². The first kappa shape index (κ1) is 23.0. The van der Waals surface area contributed by atoms with Crippen LogP contribution in [0, 0.1) is 53.3 Å². The fraction of sp³-hybridized carbons (Fsp3) is 1.00. The van der Waals surface area contributed by atoms with E-state index in [1.54, 1.807) is 0 Å². The van der Waals surface area contributed by atoms with Gasteiger partial charge in [0.15, 0.2) is 0 Å². The molecule has 150 valence electrons. The first-order valence-electron chi connectivity index (χ1n) is 11.3. The Kier molecular flexibility index (Phi) is 9.51. The summed E-state index contributed by atoms with van der Waals surface area (Å²) in [6.45, 7) is 21.7. The second-order valence-electron chi connectivity index (χ2n) is 10.5. The van der Waals surface area contributed by atoms with Crippen LogP contribution in [0.25, 0.3) is 0 Å². The Hall–Kier alpha value is -0.0400. The normalized spacial score (nSPS) is 32.8. The number of hydrogen-bond acceptors (Lipinski definition) is 1. The van der Waals surface area contributed by atoms with Crippen molar-refractivity contribution in [3.8, 4) is 0 Å². The molecule has 0 spiro atoms. The number of nitrogens with two attached hydrogens (primary N) is 1. The lowest BCUT2D eigenvalue weighted by atomic mass is 9.57. The Balaban J connectivity index is 2.38. The van der Waals surface area contributed by atoms with Gasteiger partial charge < -0.3 is 5.73 Å². The van der Waals surface area contributed by atoms with E-state index in [4.69, 9.17) is 5.73 Å². The zero-order chi connectivity index (χ0) is 19.3. The summed E-state index contributed by atoms with van der Waals surface area (Å²) >= 11 is 0. The minimum absolute atomic E-state index is 0.460. The van der Waals surface area contributed by atoms with Crippen molar-refractivity contribution >= 4 is 0 Å². The van der Waals surface area contributed by atoms with Gasteiger partial charge in [0.2, 0.25) is 0 Å². The largest absolute Gasteiger partial charge is 0.327 e. The van der Waals surface area contributed by atoms with E-state index in [0.717, 1.165) is 53.3 Å². The molecule has 9 atom stereocenters. The van der Waals surface area contributed by atoms with Gasteiger partial charge in [0, 0.05) is 6.04 Å². The molecule has 2 N–H and O–H groups in total. The van der Waals surface area contributed by atoms with Crippen molar-refractivity contribution in [3.05, 3.63) is 0 Å². The summed E-state index contributed by atoms with van der Waals surface area (Å²) in [5, 5.41) is 0. The molecule has 1 fully saturated rings. The van der Waals surface area contributed by atoms with Crippen molar-refractivity contribution in [1.82, 2.24) is 0 Å². The number of rotatable bonds is 11. The van der Waals surface area contributed by atoms with Crippen LogP contribution in [-0.4, -0.2) is 6.04 Å². The Labute approximate surface area is 159 Å². The van der Waals surface area contributed by atoms with Gasteiger partial charge in [0.25, 0.3) is 0 Å². The third-order valence-electron chi connectivity index (χ3n) is 7.91. The van der Waals surface area contributed by atoms with Crippen LogP contribution in [0.5, 0.6) is 0 Å². The molecular formula is C24H49N. The van der Waals surface area contributed by atoms with E-state index in [1.165, 1.54) is 32.1 Å². The highest BCUT2D eigenvalue weighted by molar-refractivity contribution is 4.98. The molecule has 1 saturated carbocycles. The molecule has 0 saturated heterocycles. The molecule has 0 aromatic carbocycles. The predicted octanol–water partition coefficient (Wildman–Crippen LogP) is 7.00. The average molecular weight is 352 g/mol. The standard InChI is InChI=1S/C24H49N/c1-10-16(4)13-22-21(9)23(24(22)25)14-18(6)11-17(5)12-19(7)20(8)15(2)3/h15-24H,10-14,25H2,1-9H3. The van der Waals surface area contributed by atoms with E-state index in [0.29, 0.717) is 6.04 Å². The summed E-state index contributed by atoms with van der Waals surface area (Å²) in [7, 11) is 0. The summed E-state index contributed by atoms with van der Waals surface area (Å²) in [5.41, 5.74) is 6.59. The van der Waals surface area contributed by atoms with Crippen LogP contribution in [0.2, 0.25) is 0 Å². The second kappa shape index (κ2) is 10.3. The molecule has 0 aliphatic heterocycles. The molecule has 0 aromatic heterocycles. The van der Waals surface area contributed by atoms with E-state index in [2.05, 4.69) is 62.3 Å². The van der Waals surface area contributed by atoms with Crippen LogP contribution in [-0.2, 0) is 0 Å². The van der Waals surface area contributed by atoms with Crippen molar-refractivity contribution in [1.29, 1.82) is 0 Å². The van der Waals surface area contributed by atoms with Crippen molar-refractivity contribution < 1.29 is 0 Å². The van der Waals surface area contributed by atoms with Gasteiger partial charge in [-0.05, 0) is 78.9 Å². The summed E-state index contributed by atoms with van der Waals surface area (Å²) in [6.07, 6.45) is 6.73. The van der Waals surface area contributed by atoms with Crippen LogP contribution < -0.4 is 5.73 Å². The zero-order valence-corrected chi connectivity index (χ0v) is 18.9. The van der Waals surface area contributed by atoms with E-state index in [-0.39, 0.29) is 0 Å². The Bertz CT molecular complexity index is 353. The maximum atomic E-state index is 6.59. The van der Waals surface area contributed by atoms with E-state index in [1.807, 2.05) is 0 Å². The highest BCUT2D eigenvalue weighted by Gasteiger charge is 2.45. The molecule has 9 unspecified atom stereocenters. The van der Waals surface area contributed by atoms with Crippen LogP contribution in [0.4, 0.5) is 0 Å². The van der Waals surface area contributed by atoms with Crippen LogP contribution in [0.1, 0.15) is 94.4 Å². The van der Waals surface area contributed by atoms with E-state index in [9.17, 15) is 0 Å². The molecular weight excluding hydrogens is 302 g/mol. The average Bonchev–Trinajstić information content (AvgIpc) is 2.55. The lowest BCUT2D eigenvalue weighted by Gasteiger charge is -2.51. The van der Waals surface area contributed by atoms with Gasteiger partial charge >= 0.3 is 0 Å². The fourth-order valence-electron chi connectivity index (χ4n) is 5.42. The van der Waals surface area contributed by atoms with Crippen molar-refractivity contribution in [2.24, 2.45) is 59.0 Å². The molecule has 1 rings (SSSR count). The SMILES string of the molecule is CCC(C)CC1C(C)C(CC(C)CC(C)CC(C)C(C)C(C)C)C1N. The summed E-state index contributed by atoms with van der Waals surface area (Å²) in [5.74, 6) is 7.35. The maximum absolute atomic E-state index is 6.59. The lowest BCUT2D eigenvalue weighted by Crippen LogP contribution is -2.56. The zero-order valence-electron chi connectivity index (χ0n) is 18.9. The third-order valence-corrected chi connectivity index (χ3v) is 7.91. The molecule has 1 aliphatic rings. The van der Waals surface area contributed by atoms with E-state index < -0.39 is 0 Å². The molecule has 25 heavy (non-hydrogen) atoms. The molecule has 1 aliphatic carbocycles. The molecule has 0 aromatic rings. The Morgan fingerprint density at radius 2 is 1.28 bits per heavy atom. The predicted molar refractivity (Wildman–Crippen MR) is 114 cm³/mol. The van der Waals surface area contributed by atoms with Crippen LogP contribution in [0.3, 0.4) is 0 Å². The molecule has 1 nitrogen and oxygen atoms in total. The van der Waals surface area contributed by atoms with Gasteiger partial charge in [-0.2, -0.15) is 0 Å². The molecule has 0 radical (unpaired) electrons. The molecule has 0 heterocycles. The summed E-state index contributed by atoms with van der Waals surface area (Å²) in [6, 6.07) is 0.460. The summed E-state index contributed by atoms with van der Waals surface area (Å²) in [4.78, 5) is 0. The maximum Gasteiger partial charge on any atom is 0.0101 e. The molecule has 0 amide bonds. The minimum atomic E-state index is 0.460. The smallest absolute Gasteiger partial charge is 0.0101 e. The van der Waals surface area contributed by atoms with Crippen molar-refractivity contribution in [3.63, 3.8) is 0 Å². The first-order chi connectivity index (χ1) is 11.6. The van der Waals surface area contributed by atoms with Gasteiger partial charge in [-0.15, -0.1) is 0 Å². The van der Waals surface area contributed by atoms with Gasteiger partial charge in [0.05, 0.1) is 0 Å². The third kappa shape index (κ3) is 6.56.